The van der Waals surface area contributed by atoms with Gasteiger partial charge in [-0.3, -0.25) is 4.90 Å². The van der Waals surface area contributed by atoms with Crippen LogP contribution in [0.3, 0.4) is 0 Å². The molecule has 0 spiro atoms. The minimum Gasteiger partial charge on any atom is -0.343 e. The highest BCUT2D eigenvalue weighted by atomic mass is 15.2. The number of nitrogens with zero attached hydrogens (tertiary/aromatic N) is 2. The monoisotopic (exact) mass is 326 g/mol. The Morgan fingerprint density at radius 1 is 1.21 bits per heavy atom. The molecule has 0 radical (unpaired) electrons. The number of piperidine rings is 2. The van der Waals surface area contributed by atoms with Crippen LogP contribution in [0.25, 0.3) is 11.0 Å². The molecule has 2 aliphatic rings. The van der Waals surface area contributed by atoms with E-state index in [4.69, 9.17) is 0 Å². The molecule has 130 valence electrons. The minimum atomic E-state index is 0.646. The number of fused-ring (bicyclic) bond motifs is 1. The van der Waals surface area contributed by atoms with Crippen LogP contribution in [0.4, 0.5) is 0 Å². The van der Waals surface area contributed by atoms with Crippen LogP contribution < -0.4 is 5.32 Å². The van der Waals surface area contributed by atoms with Gasteiger partial charge in [0.1, 0.15) is 5.65 Å². The Labute approximate surface area is 145 Å². The van der Waals surface area contributed by atoms with Crippen molar-refractivity contribution in [1.29, 1.82) is 0 Å². The number of hydrogen-bond acceptors (Lipinski definition) is 3. The zero-order valence-corrected chi connectivity index (χ0v) is 15.0. The molecule has 0 aliphatic carbocycles. The number of pyridine rings is 1. The molecule has 4 heteroatoms. The maximum absolute atomic E-state index is 4.59. The summed E-state index contributed by atoms with van der Waals surface area (Å²) in [6, 6.07) is 4.99. The summed E-state index contributed by atoms with van der Waals surface area (Å²) >= 11 is 0. The summed E-state index contributed by atoms with van der Waals surface area (Å²) < 4.78 is 0. The van der Waals surface area contributed by atoms with E-state index in [-0.39, 0.29) is 0 Å². The number of aromatic amines is 1. The van der Waals surface area contributed by atoms with E-state index in [0.29, 0.717) is 12.0 Å². The van der Waals surface area contributed by atoms with Gasteiger partial charge in [0, 0.05) is 35.8 Å². The topological polar surface area (TPSA) is 44.0 Å². The Bertz CT molecular complexity index is 686. The van der Waals surface area contributed by atoms with E-state index in [1.54, 1.807) is 0 Å². The predicted octanol–water partition coefficient (Wildman–Crippen LogP) is 3.65. The highest BCUT2D eigenvalue weighted by molar-refractivity contribution is 5.81. The molecule has 2 aromatic rings. The average Bonchev–Trinajstić information content (AvgIpc) is 2.98. The smallest absolute Gasteiger partial charge is 0.137 e. The maximum atomic E-state index is 4.59. The van der Waals surface area contributed by atoms with Gasteiger partial charge in [-0.2, -0.15) is 0 Å². The van der Waals surface area contributed by atoms with Gasteiger partial charge in [0.25, 0.3) is 0 Å². The summed E-state index contributed by atoms with van der Waals surface area (Å²) in [5, 5.41) is 4.82. The molecule has 0 amide bonds. The van der Waals surface area contributed by atoms with Gasteiger partial charge >= 0.3 is 0 Å². The minimum absolute atomic E-state index is 0.646. The lowest BCUT2D eigenvalue weighted by Gasteiger charge is -2.38. The highest BCUT2D eigenvalue weighted by Gasteiger charge is 2.28. The Morgan fingerprint density at radius 3 is 2.88 bits per heavy atom. The third kappa shape index (κ3) is 2.98. The molecule has 2 N–H and O–H groups in total. The van der Waals surface area contributed by atoms with Gasteiger partial charge in [-0.05, 0) is 75.9 Å². The van der Waals surface area contributed by atoms with Crippen LogP contribution in [0, 0.1) is 5.92 Å². The van der Waals surface area contributed by atoms with Gasteiger partial charge in [-0.15, -0.1) is 0 Å². The molecule has 0 bridgehead atoms. The van der Waals surface area contributed by atoms with Crippen molar-refractivity contribution >= 4 is 11.0 Å². The van der Waals surface area contributed by atoms with Gasteiger partial charge in [-0.25, -0.2) is 4.98 Å². The summed E-state index contributed by atoms with van der Waals surface area (Å²) in [5.74, 6) is 1.44. The maximum Gasteiger partial charge on any atom is 0.137 e. The first-order valence-electron chi connectivity index (χ1n) is 9.64. The number of aromatic nitrogens is 2. The molecule has 2 fully saturated rings. The first-order chi connectivity index (χ1) is 11.7. The summed E-state index contributed by atoms with van der Waals surface area (Å²) in [5.41, 5.74) is 4.03. The van der Waals surface area contributed by atoms with Crippen LogP contribution >= 0.6 is 0 Å². The van der Waals surface area contributed by atoms with E-state index < -0.39 is 0 Å². The lowest BCUT2D eigenvalue weighted by Crippen LogP contribution is -2.42. The first kappa shape index (κ1) is 16.1. The van der Waals surface area contributed by atoms with Crippen molar-refractivity contribution in [3.05, 3.63) is 29.6 Å². The Balaban J connectivity index is 1.69. The van der Waals surface area contributed by atoms with Gasteiger partial charge in [0.05, 0.1) is 0 Å². The molecule has 0 aromatic carbocycles. The van der Waals surface area contributed by atoms with E-state index in [9.17, 15) is 0 Å². The predicted molar refractivity (Wildman–Crippen MR) is 99.2 cm³/mol. The van der Waals surface area contributed by atoms with Crippen LogP contribution in [0.15, 0.2) is 18.3 Å². The Hall–Kier alpha value is -1.39. The third-order valence-electron chi connectivity index (χ3n) is 6.32. The van der Waals surface area contributed by atoms with Gasteiger partial charge in [-0.1, -0.05) is 6.92 Å². The number of likely N-dealkylation sites (tertiary alicyclic amines) is 1. The fourth-order valence-corrected chi connectivity index (χ4v) is 4.57. The number of rotatable bonds is 3. The van der Waals surface area contributed by atoms with Crippen LogP contribution in [0.5, 0.6) is 0 Å². The SMILES string of the molecule is C[C@@H]1CCCN(Cc2c(C3CCNCC3)[nH]c3ncccc23)[C@H]1C. The molecule has 24 heavy (non-hydrogen) atoms. The largest absolute Gasteiger partial charge is 0.343 e. The zero-order valence-electron chi connectivity index (χ0n) is 15.0. The molecular weight excluding hydrogens is 296 g/mol. The second-order valence-corrected chi connectivity index (χ2v) is 7.77. The van der Waals surface area contributed by atoms with E-state index in [1.807, 2.05) is 6.20 Å². The standard InChI is InChI=1S/C20H30N4/c1-14-5-4-12-24(15(14)2)13-18-17-6-3-9-22-20(17)23-19(18)16-7-10-21-11-8-16/h3,6,9,14-16,21H,4-5,7-8,10-13H2,1-2H3,(H,22,23)/t14-,15+/m1/s1. The van der Waals surface area contributed by atoms with Gasteiger partial charge in [0.2, 0.25) is 0 Å². The fourth-order valence-electron chi connectivity index (χ4n) is 4.57. The molecule has 2 aliphatic heterocycles. The number of H-pyrrole nitrogens is 1. The molecule has 2 aromatic heterocycles. The fraction of sp³-hybridized carbons (Fsp3) is 0.650. The number of hydrogen-bond donors (Lipinski definition) is 2. The molecule has 4 rings (SSSR count). The van der Waals surface area contributed by atoms with E-state index in [0.717, 1.165) is 31.2 Å². The van der Waals surface area contributed by atoms with Crippen molar-refractivity contribution in [2.75, 3.05) is 19.6 Å². The van der Waals surface area contributed by atoms with Crippen LogP contribution in [-0.4, -0.2) is 40.5 Å². The average molecular weight is 326 g/mol. The molecule has 2 atom stereocenters. The molecule has 0 saturated carbocycles. The first-order valence-corrected chi connectivity index (χ1v) is 9.64. The van der Waals surface area contributed by atoms with Crippen molar-refractivity contribution in [3.8, 4) is 0 Å². The normalized spacial score (nSPS) is 26.9. The van der Waals surface area contributed by atoms with Crippen molar-refractivity contribution < 1.29 is 0 Å². The second-order valence-electron chi connectivity index (χ2n) is 7.77. The molecule has 2 saturated heterocycles. The van der Waals surface area contributed by atoms with Crippen LogP contribution in [0.2, 0.25) is 0 Å². The highest BCUT2D eigenvalue weighted by Crippen LogP contribution is 2.34. The van der Waals surface area contributed by atoms with Crippen molar-refractivity contribution in [3.63, 3.8) is 0 Å². The van der Waals surface area contributed by atoms with Crippen LogP contribution in [0.1, 0.15) is 56.7 Å². The quantitative estimate of drug-likeness (QED) is 0.905. The molecule has 4 heterocycles. The van der Waals surface area contributed by atoms with E-state index in [2.05, 4.69) is 46.2 Å². The van der Waals surface area contributed by atoms with Gasteiger partial charge < -0.3 is 10.3 Å². The Morgan fingerprint density at radius 2 is 2.04 bits per heavy atom. The zero-order chi connectivity index (χ0) is 16.5. The lowest BCUT2D eigenvalue weighted by atomic mass is 9.89. The summed E-state index contributed by atoms with van der Waals surface area (Å²) in [7, 11) is 0. The summed E-state index contributed by atoms with van der Waals surface area (Å²) in [4.78, 5) is 11.0. The van der Waals surface area contributed by atoms with Crippen molar-refractivity contribution in [2.24, 2.45) is 5.92 Å². The van der Waals surface area contributed by atoms with Crippen molar-refractivity contribution in [2.45, 2.75) is 58.0 Å². The number of nitrogens with one attached hydrogen (secondary N) is 2. The molecular formula is C20H30N4. The molecule has 4 nitrogen and oxygen atoms in total. The Kier molecular flexibility index (Phi) is 4.59. The van der Waals surface area contributed by atoms with E-state index >= 15 is 0 Å². The lowest BCUT2D eigenvalue weighted by molar-refractivity contribution is 0.106. The second kappa shape index (κ2) is 6.85. The van der Waals surface area contributed by atoms with Crippen molar-refractivity contribution in [1.82, 2.24) is 20.2 Å². The van der Waals surface area contributed by atoms with E-state index in [1.165, 1.54) is 48.9 Å². The van der Waals surface area contributed by atoms with Gasteiger partial charge in [0.15, 0.2) is 0 Å². The third-order valence-corrected chi connectivity index (χ3v) is 6.32. The summed E-state index contributed by atoms with van der Waals surface area (Å²) in [6.45, 7) is 9.36. The molecule has 0 unspecified atom stereocenters. The van der Waals surface area contributed by atoms with Crippen LogP contribution in [-0.2, 0) is 6.54 Å². The summed E-state index contributed by atoms with van der Waals surface area (Å²) in [6.07, 6.45) is 7.06.